The number of likely N-dealkylation sites (tertiary alicyclic amines) is 1. The second kappa shape index (κ2) is 12.3. The predicted molar refractivity (Wildman–Crippen MR) is 150 cm³/mol. The molecule has 0 radical (unpaired) electrons. The van der Waals surface area contributed by atoms with Gasteiger partial charge in [-0.15, -0.1) is 0 Å². The van der Waals surface area contributed by atoms with Crippen molar-refractivity contribution in [3.05, 3.63) is 89.0 Å². The Labute approximate surface area is 230 Å². The van der Waals surface area contributed by atoms with E-state index < -0.39 is 17.6 Å². The summed E-state index contributed by atoms with van der Waals surface area (Å²) in [4.78, 5) is 26.4. The fraction of sp³-hybridized carbons (Fsp3) is 0.300. The minimum absolute atomic E-state index is 0.181. The van der Waals surface area contributed by atoms with Crippen LogP contribution in [0, 0.1) is 11.6 Å². The number of carboxylic acid groups (broad SMARTS) is 1. The van der Waals surface area contributed by atoms with Gasteiger partial charge < -0.3 is 20.6 Å². The van der Waals surface area contributed by atoms with Gasteiger partial charge in [-0.1, -0.05) is 18.2 Å². The third kappa shape index (κ3) is 6.81. The summed E-state index contributed by atoms with van der Waals surface area (Å²) in [6, 6.07) is 16.5. The number of carboxylic acids is 1. The Kier molecular flexibility index (Phi) is 8.35. The van der Waals surface area contributed by atoms with E-state index in [0.29, 0.717) is 35.2 Å². The minimum atomic E-state index is -0.768. The average Bonchev–Trinajstić information content (AvgIpc) is 3.31. The van der Waals surface area contributed by atoms with Crippen molar-refractivity contribution in [1.82, 2.24) is 15.1 Å². The van der Waals surface area contributed by atoms with Crippen LogP contribution in [0.2, 0.25) is 0 Å². The van der Waals surface area contributed by atoms with Gasteiger partial charge in [-0.05, 0) is 79.8 Å². The Hall–Kier alpha value is -4.31. The Morgan fingerprint density at radius 3 is 2.50 bits per heavy atom. The van der Waals surface area contributed by atoms with E-state index in [0.717, 1.165) is 55.3 Å². The first kappa shape index (κ1) is 27.3. The second-order valence-corrected chi connectivity index (χ2v) is 10.2. The van der Waals surface area contributed by atoms with E-state index >= 15 is 0 Å². The SMILES string of the molecule is O=C(O)CCCN1CCC(Nc2ccccc2C(=O)Nc2n[nH]c3ccc(Cc4cc(F)cc(F)c4)cc23)CC1. The molecule has 1 amide bonds. The van der Waals surface area contributed by atoms with Gasteiger partial charge in [0, 0.05) is 42.7 Å². The highest BCUT2D eigenvalue weighted by molar-refractivity contribution is 6.10. The highest BCUT2D eigenvalue weighted by Gasteiger charge is 2.21. The average molecular weight is 548 g/mol. The first-order valence-electron chi connectivity index (χ1n) is 13.4. The molecule has 40 heavy (non-hydrogen) atoms. The fourth-order valence-electron chi connectivity index (χ4n) is 5.17. The lowest BCUT2D eigenvalue weighted by atomic mass is 10.0. The molecule has 1 aliphatic heterocycles. The number of hydrogen-bond acceptors (Lipinski definition) is 5. The number of aromatic nitrogens is 2. The molecule has 1 aliphatic rings. The molecule has 4 aromatic rings. The van der Waals surface area contributed by atoms with Crippen LogP contribution in [0.5, 0.6) is 0 Å². The third-order valence-electron chi connectivity index (χ3n) is 7.17. The number of carbonyl (C=O) groups excluding carboxylic acids is 1. The number of halogens is 2. The highest BCUT2D eigenvalue weighted by atomic mass is 19.1. The van der Waals surface area contributed by atoms with Crippen molar-refractivity contribution in [3.8, 4) is 0 Å². The maximum atomic E-state index is 13.6. The summed E-state index contributed by atoms with van der Waals surface area (Å²) in [6.07, 6.45) is 2.94. The summed E-state index contributed by atoms with van der Waals surface area (Å²) in [5.41, 5.74) is 3.29. The predicted octanol–water partition coefficient (Wildman–Crippen LogP) is 5.43. The Morgan fingerprint density at radius 1 is 1.00 bits per heavy atom. The van der Waals surface area contributed by atoms with E-state index in [1.54, 1.807) is 6.07 Å². The maximum absolute atomic E-state index is 13.6. The molecule has 0 spiro atoms. The number of anilines is 2. The first-order valence-corrected chi connectivity index (χ1v) is 13.4. The van der Waals surface area contributed by atoms with Gasteiger partial charge in [0.05, 0.1) is 11.1 Å². The van der Waals surface area contributed by atoms with E-state index in [4.69, 9.17) is 5.11 Å². The normalized spacial score (nSPS) is 14.3. The van der Waals surface area contributed by atoms with Gasteiger partial charge in [0.25, 0.3) is 5.91 Å². The monoisotopic (exact) mass is 547 g/mol. The molecule has 0 unspecified atom stereocenters. The molecule has 10 heteroatoms. The number of hydrogen-bond donors (Lipinski definition) is 4. The Morgan fingerprint density at radius 2 is 1.75 bits per heavy atom. The molecule has 0 bridgehead atoms. The number of fused-ring (bicyclic) bond motifs is 1. The number of nitrogens with zero attached hydrogens (tertiary/aromatic N) is 2. The molecule has 4 N–H and O–H groups in total. The minimum Gasteiger partial charge on any atom is -0.481 e. The number of carbonyl (C=O) groups is 2. The summed E-state index contributed by atoms with van der Waals surface area (Å²) in [7, 11) is 0. The molecule has 1 fully saturated rings. The van der Waals surface area contributed by atoms with Crippen LogP contribution in [0.1, 0.15) is 47.2 Å². The number of piperidine rings is 1. The topological polar surface area (TPSA) is 110 Å². The van der Waals surface area contributed by atoms with E-state index in [9.17, 15) is 18.4 Å². The van der Waals surface area contributed by atoms with Crippen LogP contribution >= 0.6 is 0 Å². The van der Waals surface area contributed by atoms with Crippen LogP contribution in [0.3, 0.4) is 0 Å². The number of aliphatic carboxylic acids is 1. The number of aromatic amines is 1. The lowest BCUT2D eigenvalue weighted by molar-refractivity contribution is -0.137. The van der Waals surface area contributed by atoms with Crippen LogP contribution in [0.15, 0.2) is 60.7 Å². The zero-order chi connectivity index (χ0) is 28.1. The molecular weight excluding hydrogens is 516 g/mol. The van der Waals surface area contributed by atoms with Crippen molar-refractivity contribution in [3.63, 3.8) is 0 Å². The van der Waals surface area contributed by atoms with E-state index in [2.05, 4.69) is 25.7 Å². The molecule has 2 heterocycles. The van der Waals surface area contributed by atoms with Gasteiger partial charge in [0.15, 0.2) is 5.82 Å². The number of benzene rings is 3. The number of amides is 1. The van der Waals surface area contributed by atoms with Gasteiger partial charge >= 0.3 is 5.97 Å². The van der Waals surface area contributed by atoms with E-state index in [1.807, 2.05) is 36.4 Å². The van der Waals surface area contributed by atoms with Crippen LogP contribution in [-0.4, -0.2) is 57.8 Å². The molecule has 208 valence electrons. The van der Waals surface area contributed by atoms with Crippen LogP contribution in [0.25, 0.3) is 10.9 Å². The maximum Gasteiger partial charge on any atom is 0.303 e. The number of rotatable bonds is 10. The molecule has 0 atom stereocenters. The number of nitrogens with one attached hydrogen (secondary N) is 3. The number of H-pyrrole nitrogens is 1. The van der Waals surface area contributed by atoms with Crippen LogP contribution in [0.4, 0.5) is 20.3 Å². The quantitative estimate of drug-likeness (QED) is 0.211. The molecule has 5 rings (SSSR count). The van der Waals surface area contributed by atoms with Crippen LogP contribution in [-0.2, 0) is 11.2 Å². The summed E-state index contributed by atoms with van der Waals surface area (Å²) >= 11 is 0. The number of para-hydroxylation sites is 1. The molecular formula is C30H31F2N5O3. The zero-order valence-electron chi connectivity index (χ0n) is 21.9. The molecule has 0 saturated carbocycles. The zero-order valence-corrected chi connectivity index (χ0v) is 21.9. The first-order chi connectivity index (χ1) is 19.3. The Bertz CT molecular complexity index is 1490. The van der Waals surface area contributed by atoms with Crippen molar-refractivity contribution in [1.29, 1.82) is 0 Å². The van der Waals surface area contributed by atoms with Gasteiger partial charge in [-0.3, -0.25) is 14.7 Å². The highest BCUT2D eigenvalue weighted by Crippen LogP contribution is 2.26. The molecule has 1 aromatic heterocycles. The van der Waals surface area contributed by atoms with Crippen molar-refractivity contribution >= 4 is 34.3 Å². The molecule has 3 aromatic carbocycles. The summed E-state index contributed by atoms with van der Waals surface area (Å²) in [6.45, 7) is 2.52. The van der Waals surface area contributed by atoms with E-state index in [1.165, 1.54) is 12.1 Å². The van der Waals surface area contributed by atoms with Crippen molar-refractivity contribution in [2.45, 2.75) is 38.1 Å². The van der Waals surface area contributed by atoms with Crippen LogP contribution < -0.4 is 10.6 Å². The summed E-state index contributed by atoms with van der Waals surface area (Å²) in [5, 5.41) is 23.2. The smallest absolute Gasteiger partial charge is 0.303 e. The van der Waals surface area contributed by atoms with Gasteiger partial charge in [0.2, 0.25) is 0 Å². The second-order valence-electron chi connectivity index (χ2n) is 10.2. The lowest BCUT2D eigenvalue weighted by Crippen LogP contribution is -2.39. The largest absolute Gasteiger partial charge is 0.481 e. The van der Waals surface area contributed by atoms with E-state index in [-0.39, 0.29) is 18.4 Å². The third-order valence-corrected chi connectivity index (χ3v) is 7.17. The Balaban J connectivity index is 1.25. The summed E-state index contributed by atoms with van der Waals surface area (Å²) < 4.78 is 27.3. The van der Waals surface area contributed by atoms with Gasteiger partial charge in [-0.25, -0.2) is 8.78 Å². The van der Waals surface area contributed by atoms with Gasteiger partial charge in [-0.2, -0.15) is 5.10 Å². The standard InChI is InChI=1S/C30H31F2N5O3/c31-21-15-20(16-22(32)18-21)14-19-7-8-27-25(17-19)29(36-35-27)34-30(40)24-4-1-2-5-26(24)33-23-9-12-37(13-10-23)11-3-6-28(38)39/h1-2,4-5,7-8,15-18,23,33H,3,6,9-14H2,(H,38,39)(H2,34,35,36,40). The van der Waals surface area contributed by atoms with Crippen molar-refractivity contribution in [2.75, 3.05) is 30.3 Å². The molecule has 1 saturated heterocycles. The summed E-state index contributed by atoms with van der Waals surface area (Å²) in [5.74, 6) is -1.95. The van der Waals surface area contributed by atoms with Gasteiger partial charge in [0.1, 0.15) is 11.6 Å². The van der Waals surface area contributed by atoms with Crippen molar-refractivity contribution < 1.29 is 23.5 Å². The fourth-order valence-corrected chi connectivity index (χ4v) is 5.17. The molecule has 8 nitrogen and oxygen atoms in total. The lowest BCUT2D eigenvalue weighted by Gasteiger charge is -2.33. The van der Waals surface area contributed by atoms with Crippen molar-refractivity contribution in [2.24, 2.45) is 0 Å². The molecule has 0 aliphatic carbocycles.